The number of hydrogen-bond acceptors (Lipinski definition) is 2. The van der Waals surface area contributed by atoms with Crippen LogP contribution in [-0.4, -0.2) is 6.54 Å². The van der Waals surface area contributed by atoms with Gasteiger partial charge in [-0.25, -0.2) is 4.39 Å². The Morgan fingerprint density at radius 3 is 2.55 bits per heavy atom. The summed E-state index contributed by atoms with van der Waals surface area (Å²) in [6.45, 7) is 3.46. The van der Waals surface area contributed by atoms with E-state index in [0.717, 1.165) is 12.1 Å². The molecule has 0 amide bonds. The summed E-state index contributed by atoms with van der Waals surface area (Å²) in [7, 11) is 0. The number of nitrogens with one attached hydrogen (secondary N) is 1. The molecule has 2 aromatic rings. The van der Waals surface area contributed by atoms with Crippen molar-refractivity contribution < 1.29 is 9.13 Å². The predicted molar refractivity (Wildman–Crippen MR) is 80.3 cm³/mol. The maximum absolute atomic E-state index is 13.9. The Labute approximate surface area is 127 Å². The van der Waals surface area contributed by atoms with E-state index in [4.69, 9.17) is 27.9 Å². The number of halogens is 3. The van der Waals surface area contributed by atoms with Gasteiger partial charge in [0.15, 0.2) is 11.6 Å². The summed E-state index contributed by atoms with van der Waals surface area (Å²) >= 11 is 11.7. The standard InChI is InChI=1S/C15H14Cl2FNO/c1-2-19-9-10-3-6-15(14(18)7-10)20-11-4-5-12(16)13(17)8-11/h3-8,19H,2,9H2,1H3. The Balaban J connectivity index is 2.14. The first-order valence-corrected chi connectivity index (χ1v) is 6.97. The zero-order valence-corrected chi connectivity index (χ0v) is 12.4. The van der Waals surface area contributed by atoms with E-state index in [1.165, 1.54) is 6.07 Å². The van der Waals surface area contributed by atoms with Crippen LogP contribution in [0.3, 0.4) is 0 Å². The molecule has 0 fully saturated rings. The van der Waals surface area contributed by atoms with Crippen LogP contribution in [0.4, 0.5) is 4.39 Å². The fourth-order valence-corrected chi connectivity index (χ4v) is 1.96. The molecule has 0 aliphatic rings. The summed E-state index contributed by atoms with van der Waals surface area (Å²) in [5.41, 5.74) is 0.867. The van der Waals surface area contributed by atoms with E-state index in [0.29, 0.717) is 22.3 Å². The summed E-state index contributed by atoms with van der Waals surface area (Å²) in [5.74, 6) is 0.188. The third-order valence-corrected chi connectivity index (χ3v) is 3.43. The van der Waals surface area contributed by atoms with Gasteiger partial charge >= 0.3 is 0 Å². The quantitative estimate of drug-likeness (QED) is 0.835. The zero-order valence-electron chi connectivity index (χ0n) is 10.9. The van der Waals surface area contributed by atoms with Crippen molar-refractivity contribution in [3.8, 4) is 11.5 Å². The van der Waals surface area contributed by atoms with Crippen molar-refractivity contribution >= 4 is 23.2 Å². The number of rotatable bonds is 5. The highest BCUT2D eigenvalue weighted by Crippen LogP contribution is 2.30. The second kappa shape index (κ2) is 6.93. The van der Waals surface area contributed by atoms with Gasteiger partial charge in [0, 0.05) is 12.6 Å². The minimum absolute atomic E-state index is 0.156. The first-order valence-electron chi connectivity index (χ1n) is 6.22. The maximum Gasteiger partial charge on any atom is 0.166 e. The molecule has 0 heterocycles. The third kappa shape index (κ3) is 3.85. The van der Waals surface area contributed by atoms with Gasteiger partial charge in [0.2, 0.25) is 0 Å². The first-order chi connectivity index (χ1) is 9.60. The Morgan fingerprint density at radius 2 is 1.90 bits per heavy atom. The van der Waals surface area contributed by atoms with Crippen LogP contribution >= 0.6 is 23.2 Å². The monoisotopic (exact) mass is 313 g/mol. The number of hydrogen-bond donors (Lipinski definition) is 1. The lowest BCUT2D eigenvalue weighted by Crippen LogP contribution is -2.11. The van der Waals surface area contributed by atoms with Gasteiger partial charge in [-0.1, -0.05) is 36.2 Å². The normalized spacial score (nSPS) is 10.6. The van der Waals surface area contributed by atoms with Crippen LogP contribution in [0.1, 0.15) is 12.5 Å². The van der Waals surface area contributed by atoms with Crippen LogP contribution in [0.5, 0.6) is 11.5 Å². The lowest BCUT2D eigenvalue weighted by Gasteiger charge is -2.09. The summed E-state index contributed by atoms with van der Waals surface area (Å²) in [4.78, 5) is 0. The van der Waals surface area contributed by atoms with Gasteiger partial charge in [-0.2, -0.15) is 0 Å². The summed E-state index contributed by atoms with van der Waals surface area (Å²) in [6, 6.07) is 9.67. The highest BCUT2D eigenvalue weighted by molar-refractivity contribution is 6.42. The maximum atomic E-state index is 13.9. The fourth-order valence-electron chi connectivity index (χ4n) is 1.67. The molecule has 0 unspecified atom stereocenters. The minimum atomic E-state index is -0.411. The average Bonchev–Trinajstić information content (AvgIpc) is 2.43. The highest BCUT2D eigenvalue weighted by atomic mass is 35.5. The smallest absolute Gasteiger partial charge is 0.166 e. The molecule has 106 valence electrons. The van der Waals surface area contributed by atoms with E-state index in [1.54, 1.807) is 24.3 Å². The average molecular weight is 314 g/mol. The van der Waals surface area contributed by atoms with Crippen LogP contribution < -0.4 is 10.1 Å². The van der Waals surface area contributed by atoms with Crippen molar-refractivity contribution in [1.29, 1.82) is 0 Å². The Morgan fingerprint density at radius 1 is 1.10 bits per heavy atom. The van der Waals surface area contributed by atoms with Crippen LogP contribution in [0.2, 0.25) is 10.0 Å². The van der Waals surface area contributed by atoms with Gasteiger partial charge in [0.05, 0.1) is 10.0 Å². The summed E-state index contributed by atoms with van der Waals surface area (Å²) in [5, 5.41) is 3.93. The SMILES string of the molecule is CCNCc1ccc(Oc2ccc(Cl)c(Cl)c2)c(F)c1. The molecule has 0 aliphatic carbocycles. The van der Waals surface area contributed by atoms with Gasteiger partial charge in [-0.05, 0) is 36.4 Å². The molecule has 0 aromatic heterocycles. The molecule has 0 saturated carbocycles. The molecule has 2 aromatic carbocycles. The molecular weight excluding hydrogens is 300 g/mol. The molecule has 1 N–H and O–H groups in total. The van der Waals surface area contributed by atoms with E-state index >= 15 is 0 Å². The van der Waals surface area contributed by atoms with Crippen molar-refractivity contribution in [2.75, 3.05) is 6.54 Å². The minimum Gasteiger partial charge on any atom is -0.454 e. The molecule has 0 radical (unpaired) electrons. The van der Waals surface area contributed by atoms with Crippen molar-refractivity contribution in [1.82, 2.24) is 5.32 Å². The van der Waals surface area contributed by atoms with E-state index in [-0.39, 0.29) is 5.75 Å². The fraction of sp³-hybridized carbons (Fsp3) is 0.200. The van der Waals surface area contributed by atoms with Gasteiger partial charge in [0.25, 0.3) is 0 Å². The number of ether oxygens (including phenoxy) is 1. The Kier molecular flexibility index (Phi) is 5.24. The molecule has 0 saturated heterocycles. The zero-order chi connectivity index (χ0) is 14.5. The molecule has 0 atom stereocenters. The van der Waals surface area contributed by atoms with Gasteiger partial charge < -0.3 is 10.1 Å². The molecular formula is C15H14Cl2FNO. The van der Waals surface area contributed by atoms with Gasteiger partial charge in [-0.15, -0.1) is 0 Å². The van der Waals surface area contributed by atoms with Gasteiger partial charge in [-0.3, -0.25) is 0 Å². The van der Waals surface area contributed by atoms with Crippen molar-refractivity contribution in [2.45, 2.75) is 13.5 Å². The molecule has 5 heteroatoms. The van der Waals surface area contributed by atoms with E-state index in [9.17, 15) is 4.39 Å². The Bertz CT molecular complexity index is 604. The van der Waals surface area contributed by atoms with Crippen LogP contribution in [0.25, 0.3) is 0 Å². The topological polar surface area (TPSA) is 21.3 Å². The largest absolute Gasteiger partial charge is 0.454 e. The van der Waals surface area contributed by atoms with E-state index in [2.05, 4.69) is 5.32 Å². The molecule has 0 bridgehead atoms. The highest BCUT2D eigenvalue weighted by Gasteiger charge is 2.07. The second-order valence-electron chi connectivity index (χ2n) is 4.22. The molecule has 0 aliphatic heterocycles. The number of benzene rings is 2. The van der Waals surface area contributed by atoms with Crippen molar-refractivity contribution in [3.63, 3.8) is 0 Å². The van der Waals surface area contributed by atoms with Crippen LogP contribution in [0.15, 0.2) is 36.4 Å². The van der Waals surface area contributed by atoms with Crippen LogP contribution in [-0.2, 0) is 6.54 Å². The van der Waals surface area contributed by atoms with Crippen molar-refractivity contribution in [2.24, 2.45) is 0 Å². The molecule has 2 nitrogen and oxygen atoms in total. The van der Waals surface area contributed by atoms with Crippen LogP contribution in [0, 0.1) is 5.82 Å². The first kappa shape index (κ1) is 15.1. The lowest BCUT2D eigenvalue weighted by molar-refractivity contribution is 0.441. The summed E-state index contributed by atoms with van der Waals surface area (Å²) < 4.78 is 19.4. The van der Waals surface area contributed by atoms with E-state index < -0.39 is 5.82 Å². The lowest BCUT2D eigenvalue weighted by atomic mass is 10.2. The predicted octanol–water partition coefficient (Wildman–Crippen LogP) is 5.03. The second-order valence-corrected chi connectivity index (χ2v) is 5.04. The molecule has 20 heavy (non-hydrogen) atoms. The third-order valence-electron chi connectivity index (χ3n) is 2.69. The van der Waals surface area contributed by atoms with E-state index in [1.807, 2.05) is 13.0 Å². The summed E-state index contributed by atoms with van der Waals surface area (Å²) in [6.07, 6.45) is 0. The molecule has 0 spiro atoms. The van der Waals surface area contributed by atoms with Gasteiger partial charge in [0.1, 0.15) is 5.75 Å². The van der Waals surface area contributed by atoms with Crippen molar-refractivity contribution in [3.05, 3.63) is 57.8 Å². The Hall–Kier alpha value is -1.29. The molecule has 2 rings (SSSR count).